The quantitative estimate of drug-likeness (QED) is 0.599. The first kappa shape index (κ1) is 18.0. The van der Waals surface area contributed by atoms with Crippen molar-refractivity contribution in [3.8, 4) is 5.75 Å². The standard InChI is InChI=1S/C15H10Br3NO4/c16-8-2-4-13(20)10(5-8)15(22)23-7-14(21)19-12-3-1-9(17)6-11(12)18/h1-6,20H,7H2,(H,19,21). The number of carbonyl (C=O) groups is 2. The number of amides is 1. The molecule has 2 aromatic carbocycles. The highest BCUT2D eigenvalue weighted by Crippen LogP contribution is 2.26. The Kier molecular flexibility index (Phi) is 6.20. The molecular formula is C15H10Br3NO4. The smallest absolute Gasteiger partial charge is 0.342 e. The van der Waals surface area contributed by atoms with Crippen LogP contribution in [-0.2, 0) is 9.53 Å². The van der Waals surface area contributed by atoms with Gasteiger partial charge in [0.2, 0.25) is 0 Å². The molecular weight excluding hydrogens is 498 g/mol. The van der Waals surface area contributed by atoms with Gasteiger partial charge in [0.15, 0.2) is 6.61 Å². The molecule has 0 radical (unpaired) electrons. The molecule has 0 saturated heterocycles. The molecule has 0 aliphatic heterocycles. The minimum absolute atomic E-state index is 0.0167. The fourth-order valence-electron chi connectivity index (χ4n) is 1.66. The van der Waals surface area contributed by atoms with Crippen molar-refractivity contribution in [3.05, 3.63) is 55.4 Å². The molecule has 8 heteroatoms. The molecule has 0 fully saturated rings. The second kappa shape index (κ2) is 7.94. The number of hydrogen-bond acceptors (Lipinski definition) is 4. The summed E-state index contributed by atoms with van der Waals surface area (Å²) in [4.78, 5) is 23.7. The maximum absolute atomic E-state index is 11.9. The van der Waals surface area contributed by atoms with Gasteiger partial charge in [-0.05, 0) is 52.3 Å². The Hall–Kier alpha value is -1.38. The lowest BCUT2D eigenvalue weighted by Gasteiger charge is -2.09. The summed E-state index contributed by atoms with van der Waals surface area (Å²) < 4.78 is 7.07. The Balaban J connectivity index is 1.96. The van der Waals surface area contributed by atoms with Gasteiger partial charge in [-0.1, -0.05) is 31.9 Å². The summed E-state index contributed by atoms with van der Waals surface area (Å²) in [6.07, 6.45) is 0. The van der Waals surface area contributed by atoms with E-state index in [-0.39, 0.29) is 11.3 Å². The van der Waals surface area contributed by atoms with E-state index in [2.05, 4.69) is 53.1 Å². The van der Waals surface area contributed by atoms with E-state index in [1.807, 2.05) is 0 Å². The van der Waals surface area contributed by atoms with E-state index < -0.39 is 18.5 Å². The van der Waals surface area contributed by atoms with Crippen LogP contribution in [0.5, 0.6) is 5.75 Å². The van der Waals surface area contributed by atoms with E-state index in [1.54, 1.807) is 24.3 Å². The van der Waals surface area contributed by atoms with Gasteiger partial charge in [0, 0.05) is 13.4 Å². The number of phenolic OH excluding ortho intramolecular Hbond substituents is 1. The van der Waals surface area contributed by atoms with E-state index in [4.69, 9.17) is 4.74 Å². The Bertz CT molecular complexity index is 764. The van der Waals surface area contributed by atoms with Gasteiger partial charge >= 0.3 is 5.97 Å². The number of benzene rings is 2. The lowest BCUT2D eigenvalue weighted by Crippen LogP contribution is -2.21. The molecule has 0 atom stereocenters. The average Bonchev–Trinajstić information content (AvgIpc) is 2.50. The highest BCUT2D eigenvalue weighted by molar-refractivity contribution is 9.11. The SMILES string of the molecule is O=C(COC(=O)c1cc(Br)ccc1O)Nc1ccc(Br)cc1Br. The Morgan fingerprint density at radius 3 is 2.39 bits per heavy atom. The molecule has 0 aromatic heterocycles. The van der Waals surface area contributed by atoms with E-state index in [0.29, 0.717) is 14.6 Å². The van der Waals surface area contributed by atoms with Crippen LogP contribution in [0, 0.1) is 0 Å². The van der Waals surface area contributed by atoms with Crippen molar-refractivity contribution in [1.29, 1.82) is 0 Å². The maximum atomic E-state index is 11.9. The molecule has 2 rings (SSSR count). The molecule has 23 heavy (non-hydrogen) atoms. The number of anilines is 1. The van der Waals surface area contributed by atoms with Gasteiger partial charge in [0.1, 0.15) is 11.3 Å². The lowest BCUT2D eigenvalue weighted by atomic mass is 10.2. The molecule has 2 N–H and O–H groups in total. The maximum Gasteiger partial charge on any atom is 0.342 e. The number of nitrogens with one attached hydrogen (secondary N) is 1. The van der Waals surface area contributed by atoms with Crippen LogP contribution in [0.15, 0.2) is 49.8 Å². The highest BCUT2D eigenvalue weighted by Gasteiger charge is 2.15. The lowest BCUT2D eigenvalue weighted by molar-refractivity contribution is -0.119. The first-order chi connectivity index (χ1) is 10.9. The largest absolute Gasteiger partial charge is 0.507 e. The molecule has 0 aliphatic carbocycles. The fourth-order valence-corrected chi connectivity index (χ4v) is 3.17. The highest BCUT2D eigenvalue weighted by atomic mass is 79.9. The van der Waals surface area contributed by atoms with Crippen LogP contribution in [0.25, 0.3) is 0 Å². The molecule has 0 spiro atoms. The van der Waals surface area contributed by atoms with Gasteiger partial charge in [-0.25, -0.2) is 4.79 Å². The molecule has 0 saturated carbocycles. The Labute approximate surface area is 157 Å². The Morgan fingerprint density at radius 2 is 1.70 bits per heavy atom. The van der Waals surface area contributed by atoms with E-state index in [0.717, 1.165) is 4.47 Å². The third kappa shape index (κ3) is 5.05. The van der Waals surface area contributed by atoms with Crippen LogP contribution < -0.4 is 5.32 Å². The van der Waals surface area contributed by atoms with Crippen molar-refractivity contribution in [2.45, 2.75) is 0 Å². The summed E-state index contributed by atoms with van der Waals surface area (Å²) >= 11 is 9.83. The van der Waals surface area contributed by atoms with Gasteiger partial charge in [0.05, 0.1) is 5.69 Å². The minimum atomic E-state index is -0.783. The van der Waals surface area contributed by atoms with Crippen molar-refractivity contribution in [1.82, 2.24) is 0 Å². The predicted molar refractivity (Wildman–Crippen MR) is 96.6 cm³/mol. The number of phenols is 1. The molecule has 2 aromatic rings. The average molecular weight is 508 g/mol. The molecule has 1 amide bonds. The van der Waals surface area contributed by atoms with Crippen LogP contribution in [-0.4, -0.2) is 23.6 Å². The summed E-state index contributed by atoms with van der Waals surface area (Å²) in [5.41, 5.74) is 0.538. The van der Waals surface area contributed by atoms with Crippen LogP contribution in [0.2, 0.25) is 0 Å². The van der Waals surface area contributed by atoms with Gasteiger partial charge in [0.25, 0.3) is 5.91 Å². The summed E-state index contributed by atoms with van der Waals surface area (Å²) in [6.45, 7) is -0.465. The van der Waals surface area contributed by atoms with Gasteiger partial charge in [-0.15, -0.1) is 0 Å². The van der Waals surface area contributed by atoms with Gasteiger partial charge in [-0.2, -0.15) is 0 Å². The first-order valence-electron chi connectivity index (χ1n) is 6.27. The number of hydrogen-bond donors (Lipinski definition) is 2. The number of halogens is 3. The van der Waals surface area contributed by atoms with E-state index in [1.165, 1.54) is 12.1 Å². The molecule has 0 heterocycles. The second-order valence-corrected chi connectivity index (χ2v) is 7.10. The van der Waals surface area contributed by atoms with Crippen molar-refractivity contribution in [2.24, 2.45) is 0 Å². The van der Waals surface area contributed by atoms with E-state index >= 15 is 0 Å². The fraction of sp³-hybridized carbons (Fsp3) is 0.0667. The minimum Gasteiger partial charge on any atom is -0.507 e. The zero-order valence-corrected chi connectivity index (χ0v) is 16.2. The molecule has 0 unspecified atom stereocenters. The summed E-state index contributed by atoms with van der Waals surface area (Å²) in [6, 6.07) is 9.62. The number of ether oxygens (including phenoxy) is 1. The molecule has 5 nitrogen and oxygen atoms in total. The van der Waals surface area contributed by atoms with Crippen molar-refractivity contribution >= 4 is 65.4 Å². The van der Waals surface area contributed by atoms with E-state index in [9.17, 15) is 14.7 Å². The summed E-state index contributed by atoms with van der Waals surface area (Å²) in [5, 5.41) is 12.2. The zero-order chi connectivity index (χ0) is 17.0. The van der Waals surface area contributed by atoms with Gasteiger partial charge in [-0.3, -0.25) is 4.79 Å². The first-order valence-corrected chi connectivity index (χ1v) is 8.65. The molecule has 0 aliphatic rings. The third-order valence-electron chi connectivity index (χ3n) is 2.72. The van der Waals surface area contributed by atoms with Crippen LogP contribution >= 0.6 is 47.8 Å². The van der Waals surface area contributed by atoms with Crippen LogP contribution in [0.4, 0.5) is 5.69 Å². The summed E-state index contributed by atoms with van der Waals surface area (Å²) in [5.74, 6) is -1.49. The van der Waals surface area contributed by atoms with Crippen LogP contribution in [0.3, 0.4) is 0 Å². The van der Waals surface area contributed by atoms with Crippen molar-refractivity contribution in [3.63, 3.8) is 0 Å². The zero-order valence-electron chi connectivity index (χ0n) is 11.5. The number of aromatic hydroxyl groups is 1. The van der Waals surface area contributed by atoms with Crippen molar-refractivity contribution < 1.29 is 19.4 Å². The monoisotopic (exact) mass is 505 g/mol. The number of carbonyl (C=O) groups excluding carboxylic acids is 2. The van der Waals surface area contributed by atoms with Crippen molar-refractivity contribution in [2.75, 3.05) is 11.9 Å². The normalized spacial score (nSPS) is 10.2. The number of esters is 1. The Morgan fingerprint density at radius 1 is 1.04 bits per heavy atom. The summed E-state index contributed by atoms with van der Waals surface area (Å²) in [7, 11) is 0. The predicted octanol–water partition coefficient (Wildman–Crippen LogP) is 4.48. The second-order valence-electron chi connectivity index (χ2n) is 4.41. The molecule has 0 bridgehead atoms. The molecule has 120 valence electrons. The van der Waals surface area contributed by atoms with Gasteiger partial charge < -0.3 is 15.2 Å². The topological polar surface area (TPSA) is 75.6 Å². The number of rotatable bonds is 4. The van der Waals surface area contributed by atoms with Crippen LogP contribution in [0.1, 0.15) is 10.4 Å². The third-order valence-corrected chi connectivity index (χ3v) is 4.36.